The van der Waals surface area contributed by atoms with Gasteiger partial charge >= 0.3 is 0 Å². The minimum atomic E-state index is -0.0484. The number of hydrogen-bond donors (Lipinski definition) is 0. The summed E-state index contributed by atoms with van der Waals surface area (Å²) in [5.41, 5.74) is 7.10. The molecule has 3 rings (SSSR count). The van der Waals surface area contributed by atoms with Crippen molar-refractivity contribution in [3.63, 3.8) is 0 Å². The molecule has 0 aromatic heterocycles. The average Bonchev–Trinajstić information content (AvgIpc) is 2.58. The van der Waals surface area contributed by atoms with Crippen molar-refractivity contribution in [3.8, 4) is 11.1 Å². The highest BCUT2D eigenvalue weighted by atomic mass is 31.1. The topological polar surface area (TPSA) is 0 Å². The van der Waals surface area contributed by atoms with E-state index >= 15 is 0 Å². The van der Waals surface area contributed by atoms with Gasteiger partial charge in [0.2, 0.25) is 0 Å². The van der Waals surface area contributed by atoms with Gasteiger partial charge < -0.3 is 0 Å². The van der Waals surface area contributed by atoms with E-state index in [1.807, 2.05) is 0 Å². The average molecular weight is 286 g/mol. The summed E-state index contributed by atoms with van der Waals surface area (Å²) in [4.78, 5) is -0.0484. The molecule has 0 saturated heterocycles. The van der Waals surface area contributed by atoms with Crippen LogP contribution in [0.1, 0.15) is 37.5 Å². The van der Waals surface area contributed by atoms with Crippen LogP contribution in [0, 0.1) is 0 Å². The number of rotatable bonds is 0. The first-order valence-corrected chi connectivity index (χ1v) is 7.80. The Kier molecular flexibility index (Phi) is 2.90. The van der Waals surface area contributed by atoms with E-state index in [0.717, 1.165) is 0 Å². The zero-order valence-corrected chi connectivity index (χ0v) is 14.0. The van der Waals surface area contributed by atoms with Crippen LogP contribution in [0.15, 0.2) is 42.5 Å². The van der Waals surface area contributed by atoms with E-state index in [-0.39, 0.29) is 10.3 Å². The van der Waals surface area contributed by atoms with Crippen molar-refractivity contribution in [3.05, 3.63) is 59.2 Å². The molecule has 0 fully saturated rings. The Hall–Kier alpha value is -0.700. The van der Waals surface area contributed by atoms with Gasteiger partial charge in [-0.25, -0.2) is 0 Å². The number of hydrogen-bond acceptors (Lipinski definition) is 0. The molecule has 2 aromatic rings. The molecule has 1 aliphatic carbocycles. The fourth-order valence-electron chi connectivity index (χ4n) is 2.81. The first kappa shape index (κ1) is 13.3. The third kappa shape index (κ3) is 1.97. The summed E-state index contributed by atoms with van der Waals surface area (Å²) < 4.78 is 0. The lowest BCUT2D eigenvalue weighted by molar-refractivity contribution is 0.589. The Morgan fingerprint density at radius 1 is 0.842 bits per heavy atom. The molecule has 19 heavy (non-hydrogen) atoms. The van der Waals surface area contributed by atoms with Gasteiger partial charge in [0, 0.05) is 4.90 Å². The van der Waals surface area contributed by atoms with Gasteiger partial charge in [-0.15, -0.1) is 18.5 Å². The molecule has 0 N–H and O–H groups in total. The zero-order chi connectivity index (χ0) is 13.8. The minimum Gasteiger partial charge on any atom is -0.117 e. The molecule has 0 nitrogen and oxygen atoms in total. The fourth-order valence-corrected chi connectivity index (χ4v) is 3.79. The highest BCUT2D eigenvalue weighted by Gasteiger charge is 2.36. The second kappa shape index (κ2) is 4.15. The molecular formula is C17H20P2. The Morgan fingerprint density at radius 2 is 1.47 bits per heavy atom. The van der Waals surface area contributed by atoms with Crippen LogP contribution in [-0.2, 0) is 10.3 Å². The monoisotopic (exact) mass is 286 g/mol. The predicted octanol–water partition coefficient (Wildman–Crippen LogP) is 4.92. The SMILES string of the molecule is CC(C)(C)c1ccc2c(c1)C(P)(P)c1ccccc1-2. The van der Waals surface area contributed by atoms with Gasteiger partial charge in [0.1, 0.15) is 0 Å². The third-order valence-corrected chi connectivity index (χ3v) is 5.24. The number of benzene rings is 2. The molecule has 0 amide bonds. The lowest BCUT2D eigenvalue weighted by Gasteiger charge is -2.25. The lowest BCUT2D eigenvalue weighted by Crippen LogP contribution is -2.13. The minimum absolute atomic E-state index is 0.0484. The van der Waals surface area contributed by atoms with Crippen molar-refractivity contribution in [2.75, 3.05) is 0 Å². The Labute approximate surface area is 120 Å². The molecule has 0 heterocycles. The van der Waals surface area contributed by atoms with Crippen LogP contribution in [-0.4, -0.2) is 0 Å². The summed E-state index contributed by atoms with van der Waals surface area (Å²) in [5.74, 6) is 0. The van der Waals surface area contributed by atoms with Crippen molar-refractivity contribution in [1.82, 2.24) is 0 Å². The predicted molar refractivity (Wildman–Crippen MR) is 90.8 cm³/mol. The maximum atomic E-state index is 3.01. The van der Waals surface area contributed by atoms with E-state index in [2.05, 4.69) is 81.7 Å². The summed E-state index contributed by atoms with van der Waals surface area (Å²) in [6, 6.07) is 15.6. The highest BCUT2D eigenvalue weighted by Crippen LogP contribution is 2.57. The van der Waals surface area contributed by atoms with Crippen LogP contribution in [0.2, 0.25) is 0 Å². The maximum Gasteiger partial charge on any atom is 0.0494 e. The first-order valence-electron chi connectivity index (χ1n) is 6.64. The van der Waals surface area contributed by atoms with Crippen molar-refractivity contribution < 1.29 is 0 Å². The van der Waals surface area contributed by atoms with E-state index in [1.165, 1.54) is 27.8 Å². The summed E-state index contributed by atoms with van der Waals surface area (Å²) in [5, 5.41) is 0. The molecule has 0 saturated carbocycles. The molecule has 2 unspecified atom stereocenters. The zero-order valence-electron chi connectivity index (χ0n) is 11.7. The second-order valence-corrected chi connectivity index (χ2v) is 8.91. The molecule has 1 aliphatic rings. The van der Waals surface area contributed by atoms with Gasteiger partial charge in [-0.3, -0.25) is 0 Å². The Bertz CT molecular complexity index is 649. The van der Waals surface area contributed by atoms with E-state index < -0.39 is 0 Å². The Morgan fingerprint density at radius 3 is 2.16 bits per heavy atom. The highest BCUT2D eigenvalue weighted by molar-refractivity contribution is 7.39. The summed E-state index contributed by atoms with van der Waals surface area (Å²) in [6.07, 6.45) is 0. The molecule has 2 aromatic carbocycles. The Balaban J connectivity index is 2.27. The molecular weight excluding hydrogens is 266 g/mol. The van der Waals surface area contributed by atoms with Gasteiger partial charge in [-0.2, -0.15) is 0 Å². The lowest BCUT2D eigenvalue weighted by atomic mass is 9.85. The molecule has 0 bridgehead atoms. The molecule has 98 valence electrons. The summed E-state index contributed by atoms with van der Waals surface area (Å²) in [7, 11) is 6.03. The fraction of sp³-hybridized carbons (Fsp3) is 0.294. The molecule has 0 aliphatic heterocycles. The number of fused-ring (bicyclic) bond motifs is 3. The van der Waals surface area contributed by atoms with Crippen LogP contribution in [0.3, 0.4) is 0 Å². The quantitative estimate of drug-likeness (QED) is 0.603. The third-order valence-electron chi connectivity index (χ3n) is 3.99. The molecule has 2 atom stereocenters. The molecule has 2 heteroatoms. The van der Waals surface area contributed by atoms with Gasteiger partial charge in [0.05, 0.1) is 0 Å². The van der Waals surface area contributed by atoms with Gasteiger partial charge in [0.15, 0.2) is 0 Å². The van der Waals surface area contributed by atoms with Crippen molar-refractivity contribution >= 4 is 18.5 Å². The van der Waals surface area contributed by atoms with Gasteiger partial charge in [-0.1, -0.05) is 63.2 Å². The van der Waals surface area contributed by atoms with E-state index in [0.29, 0.717) is 0 Å². The van der Waals surface area contributed by atoms with Crippen LogP contribution >= 0.6 is 18.5 Å². The van der Waals surface area contributed by atoms with E-state index in [9.17, 15) is 0 Å². The van der Waals surface area contributed by atoms with Crippen LogP contribution < -0.4 is 0 Å². The van der Waals surface area contributed by atoms with Crippen molar-refractivity contribution in [1.29, 1.82) is 0 Å². The van der Waals surface area contributed by atoms with Gasteiger partial charge in [0.25, 0.3) is 0 Å². The summed E-state index contributed by atoms with van der Waals surface area (Å²) in [6.45, 7) is 6.80. The standard InChI is InChI=1S/C17H20P2/c1-16(2,3)11-8-9-13-12-6-4-5-7-14(12)17(18,19)15(13)10-11/h4-10H,18-19H2,1-3H3. The van der Waals surface area contributed by atoms with E-state index in [4.69, 9.17) is 0 Å². The van der Waals surface area contributed by atoms with Crippen molar-refractivity contribution in [2.24, 2.45) is 0 Å². The van der Waals surface area contributed by atoms with Crippen LogP contribution in [0.25, 0.3) is 11.1 Å². The maximum absolute atomic E-state index is 3.01. The molecule has 0 radical (unpaired) electrons. The molecule has 0 spiro atoms. The summed E-state index contributed by atoms with van der Waals surface area (Å²) >= 11 is 0. The van der Waals surface area contributed by atoms with Crippen LogP contribution in [0.4, 0.5) is 0 Å². The van der Waals surface area contributed by atoms with E-state index in [1.54, 1.807) is 0 Å². The van der Waals surface area contributed by atoms with Crippen molar-refractivity contribution in [2.45, 2.75) is 31.1 Å². The first-order chi connectivity index (χ1) is 8.82. The van der Waals surface area contributed by atoms with Gasteiger partial charge in [-0.05, 0) is 33.2 Å². The normalized spacial score (nSPS) is 16.1. The van der Waals surface area contributed by atoms with Crippen LogP contribution in [0.5, 0.6) is 0 Å². The smallest absolute Gasteiger partial charge is 0.0494 e. The largest absolute Gasteiger partial charge is 0.117 e. The second-order valence-electron chi connectivity index (χ2n) is 6.42.